The summed E-state index contributed by atoms with van der Waals surface area (Å²) in [5, 5.41) is 7.54. The van der Waals surface area contributed by atoms with Crippen LogP contribution < -0.4 is 10.5 Å². The lowest BCUT2D eigenvalue weighted by atomic mass is 9.85. The van der Waals surface area contributed by atoms with Gasteiger partial charge < -0.3 is 15.2 Å². The molecule has 6 nitrogen and oxygen atoms in total. The minimum atomic E-state index is -0.296. The Morgan fingerprint density at radius 1 is 1.13 bits per heavy atom. The molecule has 0 bridgehead atoms. The van der Waals surface area contributed by atoms with E-state index in [0.29, 0.717) is 5.88 Å². The maximum absolute atomic E-state index is 7.54. The minimum Gasteiger partial charge on any atom is -0.465 e. The number of aryl methyl sites for hydroxylation is 1. The molecule has 0 radical (unpaired) electrons. The van der Waals surface area contributed by atoms with Crippen LogP contribution in [-0.4, -0.2) is 22.6 Å². The van der Waals surface area contributed by atoms with Crippen molar-refractivity contribution in [2.24, 2.45) is 11.1 Å². The number of benzene rings is 1. The summed E-state index contributed by atoms with van der Waals surface area (Å²) in [6.45, 7) is 6.96. The van der Waals surface area contributed by atoms with Crippen molar-refractivity contribution < 1.29 is 9.47 Å². The van der Waals surface area contributed by atoms with Crippen LogP contribution in [0.15, 0.2) is 55.0 Å². The Kier molecular flexibility index (Phi) is 5.63. The highest BCUT2D eigenvalue weighted by molar-refractivity contribution is 5.69. The van der Waals surface area contributed by atoms with Gasteiger partial charge in [0, 0.05) is 35.3 Å². The average Bonchev–Trinajstić information content (AvgIpc) is 2.75. The zero-order valence-electron chi connectivity index (χ0n) is 18.2. The molecule has 1 unspecified atom stereocenters. The van der Waals surface area contributed by atoms with Gasteiger partial charge in [-0.05, 0) is 53.6 Å². The molecule has 0 aliphatic carbocycles. The molecular weight excluding hydrogens is 388 g/mol. The number of nitrogens with zero attached hydrogens (tertiary/aromatic N) is 2. The number of ether oxygens (including phenoxy) is 2. The van der Waals surface area contributed by atoms with Gasteiger partial charge in [-0.15, -0.1) is 0 Å². The molecule has 160 valence electrons. The van der Waals surface area contributed by atoms with Gasteiger partial charge in [0.2, 0.25) is 5.88 Å². The van der Waals surface area contributed by atoms with Crippen LogP contribution in [0, 0.1) is 10.8 Å². The summed E-state index contributed by atoms with van der Waals surface area (Å²) in [5.74, 6) is 1.19. The summed E-state index contributed by atoms with van der Waals surface area (Å²) >= 11 is 0. The number of nitrogens with two attached hydrogens (primary N) is 1. The molecule has 6 heteroatoms. The number of amidine groups is 1. The summed E-state index contributed by atoms with van der Waals surface area (Å²) in [4.78, 5) is 8.83. The second kappa shape index (κ2) is 8.38. The van der Waals surface area contributed by atoms with Crippen molar-refractivity contribution in [3.05, 3.63) is 71.7 Å². The molecule has 0 amide bonds. The fourth-order valence-electron chi connectivity index (χ4n) is 3.76. The van der Waals surface area contributed by atoms with Crippen LogP contribution >= 0.6 is 0 Å². The van der Waals surface area contributed by atoms with Crippen LogP contribution in [0.5, 0.6) is 11.6 Å². The van der Waals surface area contributed by atoms with Crippen molar-refractivity contribution in [3.63, 3.8) is 0 Å². The molecule has 1 aromatic carbocycles. The molecule has 3 aromatic rings. The van der Waals surface area contributed by atoms with E-state index in [1.165, 1.54) is 0 Å². The zero-order valence-corrected chi connectivity index (χ0v) is 18.2. The quantitative estimate of drug-likeness (QED) is 0.436. The van der Waals surface area contributed by atoms with Crippen LogP contribution in [0.1, 0.15) is 49.8 Å². The maximum Gasteiger partial charge on any atom is 0.279 e. The van der Waals surface area contributed by atoms with E-state index in [4.69, 9.17) is 20.6 Å². The van der Waals surface area contributed by atoms with Gasteiger partial charge in [0.25, 0.3) is 6.02 Å². The number of hydrogen-bond donors (Lipinski definition) is 2. The smallest absolute Gasteiger partial charge is 0.279 e. The van der Waals surface area contributed by atoms with Crippen molar-refractivity contribution in [2.75, 3.05) is 6.61 Å². The van der Waals surface area contributed by atoms with E-state index in [9.17, 15) is 0 Å². The van der Waals surface area contributed by atoms with E-state index in [1.807, 2.05) is 36.7 Å². The van der Waals surface area contributed by atoms with Crippen molar-refractivity contribution >= 4 is 6.02 Å². The standard InChI is InChI=1S/C25H28N4O2/c1-25(2,3)9-8-16-11-20-21(15-30-24(26)27)19-12-17(18-5-4-10-28-14-18)6-7-22(19)31-23(20)29-13-16/h4-7,10-14,21H,8-9,15H2,1-3H3,(H3,26,27). The highest BCUT2D eigenvalue weighted by atomic mass is 16.5. The fraction of sp³-hybridized carbons (Fsp3) is 0.320. The number of hydrogen-bond acceptors (Lipinski definition) is 5. The third-order valence-corrected chi connectivity index (χ3v) is 5.47. The minimum absolute atomic E-state index is 0.138. The Morgan fingerprint density at radius 2 is 1.97 bits per heavy atom. The van der Waals surface area contributed by atoms with E-state index >= 15 is 0 Å². The predicted octanol–water partition coefficient (Wildman–Crippen LogP) is 5.27. The number of pyridine rings is 2. The lowest BCUT2D eigenvalue weighted by Gasteiger charge is -2.28. The van der Waals surface area contributed by atoms with Gasteiger partial charge in [-0.25, -0.2) is 4.98 Å². The predicted molar refractivity (Wildman–Crippen MR) is 121 cm³/mol. The first kappa shape index (κ1) is 20.8. The molecule has 1 aliphatic heterocycles. The number of rotatable bonds is 5. The second-order valence-electron chi connectivity index (χ2n) is 9.12. The van der Waals surface area contributed by atoms with Gasteiger partial charge in [-0.3, -0.25) is 10.4 Å². The molecule has 0 spiro atoms. The molecule has 0 saturated carbocycles. The van der Waals surface area contributed by atoms with Crippen LogP contribution in [0.2, 0.25) is 0 Å². The Hall–Kier alpha value is -3.41. The molecule has 0 fully saturated rings. The Balaban J connectivity index is 1.73. The van der Waals surface area contributed by atoms with Gasteiger partial charge in [0.1, 0.15) is 12.4 Å². The van der Waals surface area contributed by atoms with E-state index < -0.39 is 0 Å². The Labute approximate surface area is 183 Å². The van der Waals surface area contributed by atoms with Crippen molar-refractivity contribution in [3.8, 4) is 22.8 Å². The van der Waals surface area contributed by atoms with Gasteiger partial charge in [0.05, 0.1) is 5.92 Å². The topological polar surface area (TPSA) is 94.1 Å². The summed E-state index contributed by atoms with van der Waals surface area (Å²) in [5.41, 5.74) is 10.9. The van der Waals surface area contributed by atoms with Gasteiger partial charge >= 0.3 is 0 Å². The first-order valence-corrected chi connectivity index (χ1v) is 10.5. The molecule has 31 heavy (non-hydrogen) atoms. The number of fused-ring (bicyclic) bond motifs is 2. The zero-order chi connectivity index (χ0) is 22.0. The summed E-state index contributed by atoms with van der Waals surface area (Å²) in [7, 11) is 0. The van der Waals surface area contributed by atoms with Crippen molar-refractivity contribution in [2.45, 2.75) is 39.5 Å². The number of aromatic nitrogens is 2. The normalized spacial score (nSPS) is 14.9. The third kappa shape index (κ3) is 4.85. The Morgan fingerprint density at radius 3 is 2.68 bits per heavy atom. The highest BCUT2D eigenvalue weighted by Gasteiger charge is 2.30. The third-order valence-electron chi connectivity index (χ3n) is 5.47. The largest absolute Gasteiger partial charge is 0.465 e. The van der Waals surface area contributed by atoms with Crippen molar-refractivity contribution in [1.29, 1.82) is 5.41 Å². The highest BCUT2D eigenvalue weighted by Crippen LogP contribution is 2.45. The monoisotopic (exact) mass is 416 g/mol. The molecular formula is C25H28N4O2. The SMILES string of the molecule is CC(C)(C)CCc1cnc2c(c1)C(COC(=N)N)c1cc(-c3cccnc3)ccc1O2. The van der Waals surface area contributed by atoms with E-state index in [1.54, 1.807) is 6.20 Å². The van der Waals surface area contributed by atoms with E-state index in [2.05, 4.69) is 42.9 Å². The van der Waals surface area contributed by atoms with E-state index in [0.717, 1.165) is 46.4 Å². The average molecular weight is 417 g/mol. The molecule has 0 saturated heterocycles. The molecule has 2 aromatic heterocycles. The summed E-state index contributed by atoms with van der Waals surface area (Å²) in [6.07, 6.45) is 7.49. The lowest BCUT2D eigenvalue weighted by Crippen LogP contribution is -2.22. The summed E-state index contributed by atoms with van der Waals surface area (Å²) < 4.78 is 11.6. The van der Waals surface area contributed by atoms with Crippen LogP contribution in [-0.2, 0) is 11.2 Å². The summed E-state index contributed by atoms with van der Waals surface area (Å²) in [6, 6.07) is 11.9. The first-order chi connectivity index (χ1) is 14.8. The van der Waals surface area contributed by atoms with Crippen LogP contribution in [0.4, 0.5) is 0 Å². The number of nitrogens with one attached hydrogen (secondary N) is 1. The maximum atomic E-state index is 7.54. The molecule has 4 rings (SSSR count). The molecule has 3 heterocycles. The lowest BCUT2D eigenvalue weighted by molar-refractivity contribution is 0.273. The Bertz CT molecular complexity index is 1090. The molecule has 1 atom stereocenters. The second-order valence-corrected chi connectivity index (χ2v) is 9.12. The molecule has 3 N–H and O–H groups in total. The fourth-order valence-corrected chi connectivity index (χ4v) is 3.76. The molecule has 1 aliphatic rings. The van der Waals surface area contributed by atoms with Crippen LogP contribution in [0.25, 0.3) is 11.1 Å². The van der Waals surface area contributed by atoms with Gasteiger partial charge in [0.15, 0.2) is 0 Å². The van der Waals surface area contributed by atoms with E-state index in [-0.39, 0.29) is 24.0 Å². The van der Waals surface area contributed by atoms with Crippen molar-refractivity contribution in [1.82, 2.24) is 9.97 Å². The van der Waals surface area contributed by atoms with Gasteiger partial charge in [-0.1, -0.05) is 32.9 Å². The first-order valence-electron chi connectivity index (χ1n) is 10.5. The van der Waals surface area contributed by atoms with Gasteiger partial charge in [-0.2, -0.15) is 0 Å². The van der Waals surface area contributed by atoms with Crippen LogP contribution in [0.3, 0.4) is 0 Å².